The Balaban J connectivity index is 2.71. The molecule has 1 saturated heterocycles. The Kier molecular flexibility index (Phi) is 4.34. The average molecular weight is 244 g/mol. The van der Waals surface area contributed by atoms with Crippen LogP contribution in [-0.2, 0) is 9.53 Å². The molecule has 17 heavy (non-hydrogen) atoms. The summed E-state index contributed by atoms with van der Waals surface area (Å²) in [6, 6.07) is -0.636. The van der Waals surface area contributed by atoms with Crippen LogP contribution in [-0.4, -0.2) is 40.3 Å². The van der Waals surface area contributed by atoms with Crippen molar-refractivity contribution in [3.05, 3.63) is 0 Å². The molecule has 6 nitrogen and oxygen atoms in total. The molecule has 0 aromatic rings. The number of hydrogen-bond donors (Lipinski definition) is 2. The molecule has 98 valence electrons. The minimum Gasteiger partial charge on any atom is -0.444 e. The first kappa shape index (κ1) is 13.8. The normalized spacial score (nSPS) is 20.9. The van der Waals surface area contributed by atoms with Gasteiger partial charge in [-0.1, -0.05) is 0 Å². The first-order valence-corrected chi connectivity index (χ1v) is 5.79. The smallest absolute Gasteiger partial charge is 0.410 e. The van der Waals surface area contributed by atoms with E-state index in [0.29, 0.717) is 13.0 Å². The molecule has 1 rings (SSSR count). The number of carbonyl (C=O) groups is 2. The zero-order chi connectivity index (χ0) is 13.1. The minimum atomic E-state index is -0.636. The molecule has 1 atom stereocenters. The van der Waals surface area contributed by atoms with Crippen LogP contribution in [0.15, 0.2) is 0 Å². The monoisotopic (exact) mass is 244 g/mol. The quantitative estimate of drug-likeness (QED) is 0.538. The van der Waals surface area contributed by atoms with Gasteiger partial charge >= 0.3 is 6.09 Å². The second-order valence-corrected chi connectivity index (χ2v) is 5.16. The Morgan fingerprint density at radius 1 is 1.35 bits per heavy atom. The molecule has 0 saturated carbocycles. The summed E-state index contributed by atoms with van der Waals surface area (Å²) >= 11 is 0. The highest BCUT2D eigenvalue weighted by atomic mass is 16.6. The van der Waals surface area contributed by atoms with E-state index in [-0.39, 0.29) is 0 Å². The summed E-state index contributed by atoms with van der Waals surface area (Å²) < 4.78 is 5.23. The highest BCUT2D eigenvalue weighted by molar-refractivity contribution is 5.85. The third-order valence-corrected chi connectivity index (χ3v) is 2.54. The largest absolute Gasteiger partial charge is 0.444 e. The van der Waals surface area contributed by atoms with E-state index in [1.165, 1.54) is 4.90 Å². The lowest BCUT2D eigenvalue weighted by molar-refractivity contribution is -0.135. The maximum atomic E-state index is 11.9. The number of piperidine rings is 1. The Morgan fingerprint density at radius 3 is 2.53 bits per heavy atom. The fourth-order valence-corrected chi connectivity index (χ4v) is 1.82. The van der Waals surface area contributed by atoms with Gasteiger partial charge in [0.1, 0.15) is 11.6 Å². The van der Waals surface area contributed by atoms with Crippen molar-refractivity contribution in [3.63, 3.8) is 0 Å². The van der Waals surface area contributed by atoms with E-state index in [2.05, 4.69) is 0 Å². The van der Waals surface area contributed by atoms with Crippen LogP contribution in [0.5, 0.6) is 0 Å². The van der Waals surface area contributed by atoms with Gasteiger partial charge < -0.3 is 4.74 Å². The fraction of sp³-hybridized carbons (Fsp3) is 0.818. The maximum Gasteiger partial charge on any atom is 0.410 e. The van der Waals surface area contributed by atoms with E-state index in [4.69, 9.17) is 9.94 Å². The Bertz CT molecular complexity index is 298. The molecular weight excluding hydrogens is 224 g/mol. The molecule has 0 bridgehead atoms. The second kappa shape index (κ2) is 5.35. The SMILES string of the molecule is CC(C)(C)OC(=O)N1CCCC[C@@H]1C(=O)NO. The molecule has 0 unspecified atom stereocenters. The molecule has 0 aromatic carbocycles. The molecule has 1 aliphatic rings. The van der Waals surface area contributed by atoms with Crippen molar-refractivity contribution in [1.29, 1.82) is 0 Å². The number of likely N-dealkylation sites (tertiary alicyclic amines) is 1. The fourth-order valence-electron chi connectivity index (χ4n) is 1.82. The second-order valence-electron chi connectivity index (χ2n) is 5.16. The predicted molar refractivity (Wildman–Crippen MR) is 60.5 cm³/mol. The van der Waals surface area contributed by atoms with Gasteiger partial charge in [-0.15, -0.1) is 0 Å². The molecule has 2 amide bonds. The highest BCUT2D eigenvalue weighted by Crippen LogP contribution is 2.20. The van der Waals surface area contributed by atoms with Gasteiger partial charge in [0, 0.05) is 6.54 Å². The summed E-state index contributed by atoms with van der Waals surface area (Å²) in [5, 5.41) is 8.64. The van der Waals surface area contributed by atoms with Gasteiger partial charge in [0.05, 0.1) is 0 Å². The Morgan fingerprint density at radius 2 is 2.00 bits per heavy atom. The van der Waals surface area contributed by atoms with E-state index < -0.39 is 23.6 Å². The maximum absolute atomic E-state index is 11.9. The molecule has 0 aromatic heterocycles. The summed E-state index contributed by atoms with van der Waals surface area (Å²) in [5.41, 5.74) is 1.01. The molecule has 1 heterocycles. The van der Waals surface area contributed by atoms with Crippen LogP contribution >= 0.6 is 0 Å². The van der Waals surface area contributed by atoms with Crippen molar-refractivity contribution in [3.8, 4) is 0 Å². The predicted octanol–water partition coefficient (Wildman–Crippen LogP) is 1.28. The van der Waals surface area contributed by atoms with Gasteiger partial charge in [-0.25, -0.2) is 10.3 Å². The standard InChI is InChI=1S/C11H20N2O4/c1-11(2,3)17-10(15)13-7-5-4-6-8(13)9(14)12-16/h8,16H,4-7H2,1-3H3,(H,12,14)/t8-/m1/s1. The number of carbonyl (C=O) groups excluding carboxylic acids is 2. The number of nitrogens with one attached hydrogen (secondary N) is 1. The summed E-state index contributed by atoms with van der Waals surface area (Å²) in [4.78, 5) is 24.7. The zero-order valence-electron chi connectivity index (χ0n) is 10.5. The highest BCUT2D eigenvalue weighted by Gasteiger charge is 2.34. The number of nitrogens with zero attached hydrogens (tertiary/aromatic N) is 1. The number of hydrogen-bond acceptors (Lipinski definition) is 4. The summed E-state index contributed by atoms with van der Waals surface area (Å²) in [6.07, 6.45) is 1.74. The first-order chi connectivity index (χ1) is 7.85. The lowest BCUT2D eigenvalue weighted by Crippen LogP contribution is -2.52. The van der Waals surface area contributed by atoms with Gasteiger partial charge in [-0.3, -0.25) is 14.9 Å². The van der Waals surface area contributed by atoms with Crippen LogP contribution in [0.2, 0.25) is 0 Å². The van der Waals surface area contributed by atoms with Gasteiger partial charge in [-0.2, -0.15) is 0 Å². The van der Waals surface area contributed by atoms with E-state index >= 15 is 0 Å². The van der Waals surface area contributed by atoms with Crippen molar-refractivity contribution in [2.45, 2.75) is 51.7 Å². The van der Waals surface area contributed by atoms with Crippen LogP contribution in [0.25, 0.3) is 0 Å². The molecule has 0 spiro atoms. The van der Waals surface area contributed by atoms with E-state index in [1.807, 2.05) is 0 Å². The Labute approximate surface area is 101 Å². The number of rotatable bonds is 1. The first-order valence-electron chi connectivity index (χ1n) is 5.79. The van der Waals surface area contributed by atoms with Gasteiger partial charge in [-0.05, 0) is 40.0 Å². The van der Waals surface area contributed by atoms with E-state index in [0.717, 1.165) is 12.8 Å². The zero-order valence-corrected chi connectivity index (χ0v) is 10.5. The third-order valence-electron chi connectivity index (χ3n) is 2.54. The number of ether oxygens (including phenoxy) is 1. The average Bonchev–Trinajstić information content (AvgIpc) is 2.25. The Hall–Kier alpha value is -1.30. The topological polar surface area (TPSA) is 78.9 Å². The van der Waals surface area contributed by atoms with Crippen molar-refractivity contribution >= 4 is 12.0 Å². The number of amides is 2. The minimum absolute atomic E-state index is 0.479. The third kappa shape index (κ3) is 3.89. The molecule has 0 radical (unpaired) electrons. The van der Waals surface area contributed by atoms with Gasteiger partial charge in [0.2, 0.25) is 0 Å². The lowest BCUT2D eigenvalue weighted by Gasteiger charge is -2.35. The van der Waals surface area contributed by atoms with Crippen molar-refractivity contribution < 1.29 is 19.5 Å². The molecule has 6 heteroatoms. The molecule has 2 N–H and O–H groups in total. The van der Waals surface area contributed by atoms with Crippen molar-refractivity contribution in [1.82, 2.24) is 10.4 Å². The summed E-state index contributed by atoms with van der Waals surface area (Å²) in [6.45, 7) is 5.80. The van der Waals surface area contributed by atoms with Crippen molar-refractivity contribution in [2.24, 2.45) is 0 Å². The molecular formula is C11H20N2O4. The summed E-state index contributed by atoms with van der Waals surface area (Å²) in [5.74, 6) is -0.560. The van der Waals surface area contributed by atoms with Crippen LogP contribution in [0.4, 0.5) is 4.79 Å². The molecule has 1 aliphatic heterocycles. The molecule has 0 aliphatic carbocycles. The van der Waals surface area contributed by atoms with Crippen LogP contribution < -0.4 is 5.48 Å². The van der Waals surface area contributed by atoms with Crippen LogP contribution in [0, 0.1) is 0 Å². The lowest BCUT2D eigenvalue weighted by atomic mass is 10.0. The van der Waals surface area contributed by atoms with Gasteiger partial charge in [0.15, 0.2) is 0 Å². The molecule has 1 fully saturated rings. The van der Waals surface area contributed by atoms with Crippen LogP contribution in [0.1, 0.15) is 40.0 Å². The van der Waals surface area contributed by atoms with Crippen LogP contribution in [0.3, 0.4) is 0 Å². The van der Waals surface area contributed by atoms with Gasteiger partial charge in [0.25, 0.3) is 5.91 Å². The van der Waals surface area contributed by atoms with E-state index in [9.17, 15) is 9.59 Å². The van der Waals surface area contributed by atoms with Crippen molar-refractivity contribution in [2.75, 3.05) is 6.54 Å². The van der Waals surface area contributed by atoms with E-state index in [1.54, 1.807) is 26.3 Å². The summed E-state index contributed by atoms with van der Waals surface area (Å²) in [7, 11) is 0. The number of hydroxylamine groups is 1.